The molecule has 1 aromatic heterocycles. The van der Waals surface area contributed by atoms with Crippen molar-refractivity contribution >= 4 is 16.9 Å². The first-order chi connectivity index (χ1) is 10.2. The third-order valence-electron chi connectivity index (χ3n) is 4.40. The number of esters is 1. The highest BCUT2D eigenvalue weighted by Crippen LogP contribution is 2.34. The summed E-state index contributed by atoms with van der Waals surface area (Å²) >= 11 is 0. The number of aliphatic hydroxyl groups is 1. The SMILES string of the molecule is COC(=O)c1cc(C)c2c(c1)c1c(n2CCO)CCCC1. The predicted molar refractivity (Wildman–Crippen MR) is 81.7 cm³/mol. The Hall–Kier alpha value is -1.81. The molecule has 0 spiro atoms. The second-order valence-corrected chi connectivity index (χ2v) is 5.69. The van der Waals surface area contributed by atoms with Gasteiger partial charge in [-0.2, -0.15) is 0 Å². The first-order valence-electron chi connectivity index (χ1n) is 7.51. The number of carbonyl (C=O) groups excluding carboxylic acids is 1. The molecule has 0 saturated carbocycles. The second kappa shape index (κ2) is 5.53. The second-order valence-electron chi connectivity index (χ2n) is 5.69. The normalized spacial score (nSPS) is 14.2. The highest BCUT2D eigenvalue weighted by molar-refractivity contribution is 5.98. The first-order valence-corrected chi connectivity index (χ1v) is 7.51. The van der Waals surface area contributed by atoms with Gasteiger partial charge in [-0.05, 0) is 55.9 Å². The molecule has 1 aliphatic carbocycles. The molecule has 1 N–H and O–H groups in total. The van der Waals surface area contributed by atoms with Crippen molar-refractivity contribution in [1.29, 1.82) is 0 Å². The molecule has 4 nitrogen and oxygen atoms in total. The lowest BCUT2D eigenvalue weighted by atomic mass is 9.94. The average molecular weight is 287 g/mol. The van der Waals surface area contributed by atoms with Gasteiger partial charge in [0.25, 0.3) is 0 Å². The van der Waals surface area contributed by atoms with Crippen LogP contribution in [0.5, 0.6) is 0 Å². The average Bonchev–Trinajstić information content (AvgIpc) is 2.82. The molecule has 0 bridgehead atoms. The van der Waals surface area contributed by atoms with Gasteiger partial charge in [0.1, 0.15) is 0 Å². The maximum atomic E-state index is 11.8. The van der Waals surface area contributed by atoms with Crippen molar-refractivity contribution in [3.8, 4) is 0 Å². The summed E-state index contributed by atoms with van der Waals surface area (Å²) in [5, 5.41) is 10.5. The van der Waals surface area contributed by atoms with Crippen molar-refractivity contribution < 1.29 is 14.6 Å². The highest BCUT2D eigenvalue weighted by Gasteiger charge is 2.22. The Labute approximate surface area is 124 Å². The van der Waals surface area contributed by atoms with Crippen LogP contribution in [-0.2, 0) is 24.1 Å². The van der Waals surface area contributed by atoms with Crippen molar-refractivity contribution in [2.45, 2.75) is 39.2 Å². The van der Waals surface area contributed by atoms with Gasteiger partial charge in [0.05, 0.1) is 24.8 Å². The minimum Gasteiger partial charge on any atom is -0.465 e. The first kappa shape index (κ1) is 14.1. The van der Waals surface area contributed by atoms with Crippen LogP contribution in [0.3, 0.4) is 0 Å². The lowest BCUT2D eigenvalue weighted by Crippen LogP contribution is -2.10. The van der Waals surface area contributed by atoms with Crippen LogP contribution in [0.25, 0.3) is 10.9 Å². The van der Waals surface area contributed by atoms with Crippen molar-refractivity contribution in [2.24, 2.45) is 0 Å². The number of ether oxygens (including phenoxy) is 1. The number of rotatable bonds is 3. The Morgan fingerprint density at radius 2 is 2.10 bits per heavy atom. The van der Waals surface area contributed by atoms with E-state index in [9.17, 15) is 9.90 Å². The summed E-state index contributed by atoms with van der Waals surface area (Å²) in [4.78, 5) is 11.8. The molecule has 0 saturated heterocycles. The van der Waals surface area contributed by atoms with Gasteiger partial charge in [-0.15, -0.1) is 0 Å². The van der Waals surface area contributed by atoms with E-state index < -0.39 is 0 Å². The van der Waals surface area contributed by atoms with E-state index in [1.165, 1.54) is 31.2 Å². The van der Waals surface area contributed by atoms with Crippen LogP contribution in [0, 0.1) is 6.92 Å². The standard InChI is InChI=1S/C17H21NO3/c1-11-9-12(17(20)21-2)10-14-13-5-3-4-6-15(13)18(7-8-19)16(11)14/h9-10,19H,3-8H2,1-2H3. The number of aryl methyl sites for hydroxylation is 2. The molecular weight excluding hydrogens is 266 g/mol. The number of nitrogens with zero attached hydrogens (tertiary/aromatic N) is 1. The summed E-state index contributed by atoms with van der Waals surface area (Å²) in [7, 11) is 1.41. The minimum atomic E-state index is -0.292. The molecular formula is C17H21NO3. The van der Waals surface area contributed by atoms with E-state index >= 15 is 0 Å². The molecule has 21 heavy (non-hydrogen) atoms. The van der Waals surface area contributed by atoms with Gasteiger partial charge in [0.2, 0.25) is 0 Å². The summed E-state index contributed by atoms with van der Waals surface area (Å²) in [6, 6.07) is 3.83. The fourth-order valence-corrected chi connectivity index (χ4v) is 3.56. The fourth-order valence-electron chi connectivity index (χ4n) is 3.56. The molecule has 3 rings (SSSR count). The molecule has 0 radical (unpaired) electrons. The summed E-state index contributed by atoms with van der Waals surface area (Å²) < 4.78 is 7.09. The minimum absolute atomic E-state index is 0.133. The monoisotopic (exact) mass is 287 g/mol. The van der Waals surface area contributed by atoms with Crippen molar-refractivity contribution in [3.63, 3.8) is 0 Å². The Morgan fingerprint density at radius 3 is 2.81 bits per heavy atom. The van der Waals surface area contributed by atoms with Gasteiger partial charge < -0.3 is 14.4 Å². The Bertz CT molecular complexity index is 700. The van der Waals surface area contributed by atoms with Crippen LogP contribution in [0.15, 0.2) is 12.1 Å². The zero-order valence-electron chi connectivity index (χ0n) is 12.6. The van der Waals surface area contributed by atoms with E-state index in [0.717, 1.165) is 29.3 Å². The number of hydrogen-bond acceptors (Lipinski definition) is 3. The molecule has 2 aromatic rings. The molecule has 0 unspecified atom stereocenters. The van der Waals surface area contributed by atoms with Crippen LogP contribution in [-0.4, -0.2) is 29.4 Å². The molecule has 0 atom stereocenters. The zero-order valence-corrected chi connectivity index (χ0v) is 12.6. The Balaban J connectivity index is 2.29. The van der Waals surface area contributed by atoms with Crippen molar-refractivity contribution in [2.75, 3.05) is 13.7 Å². The van der Waals surface area contributed by atoms with Crippen molar-refractivity contribution in [1.82, 2.24) is 4.57 Å². The zero-order chi connectivity index (χ0) is 15.0. The number of aromatic nitrogens is 1. The number of aliphatic hydroxyl groups excluding tert-OH is 1. The summed E-state index contributed by atoms with van der Waals surface area (Å²) in [5.41, 5.74) is 5.50. The third-order valence-corrected chi connectivity index (χ3v) is 4.40. The molecule has 0 aliphatic heterocycles. The molecule has 4 heteroatoms. The topological polar surface area (TPSA) is 51.5 Å². The molecule has 112 valence electrons. The van der Waals surface area contributed by atoms with Gasteiger partial charge in [-0.3, -0.25) is 0 Å². The Kier molecular flexibility index (Phi) is 3.72. The maximum Gasteiger partial charge on any atom is 0.337 e. The van der Waals surface area contributed by atoms with Crippen LogP contribution >= 0.6 is 0 Å². The number of methoxy groups -OCH3 is 1. The summed E-state index contributed by atoms with van der Waals surface area (Å²) in [6.07, 6.45) is 4.48. The van der Waals surface area contributed by atoms with Crippen LogP contribution in [0.2, 0.25) is 0 Å². The van der Waals surface area contributed by atoms with Gasteiger partial charge >= 0.3 is 5.97 Å². The number of carbonyl (C=O) groups is 1. The van der Waals surface area contributed by atoms with Gasteiger partial charge in [0, 0.05) is 17.6 Å². The highest BCUT2D eigenvalue weighted by atomic mass is 16.5. The van der Waals surface area contributed by atoms with E-state index in [0.29, 0.717) is 12.1 Å². The van der Waals surface area contributed by atoms with E-state index in [1.54, 1.807) is 0 Å². The van der Waals surface area contributed by atoms with E-state index in [1.807, 2.05) is 19.1 Å². The van der Waals surface area contributed by atoms with Gasteiger partial charge in [-0.1, -0.05) is 0 Å². The number of hydrogen-bond donors (Lipinski definition) is 1. The molecule has 1 aromatic carbocycles. The van der Waals surface area contributed by atoms with Crippen molar-refractivity contribution in [3.05, 3.63) is 34.5 Å². The molecule has 1 heterocycles. The number of fused-ring (bicyclic) bond motifs is 3. The summed E-state index contributed by atoms with van der Waals surface area (Å²) in [6.45, 7) is 2.77. The quantitative estimate of drug-likeness (QED) is 0.883. The third kappa shape index (κ3) is 2.23. The summed E-state index contributed by atoms with van der Waals surface area (Å²) in [5.74, 6) is -0.292. The lowest BCUT2D eigenvalue weighted by molar-refractivity contribution is 0.0601. The molecule has 1 aliphatic rings. The molecule has 0 fully saturated rings. The largest absolute Gasteiger partial charge is 0.465 e. The maximum absolute atomic E-state index is 11.8. The van der Waals surface area contributed by atoms with Crippen LogP contribution in [0.1, 0.15) is 40.0 Å². The van der Waals surface area contributed by atoms with Gasteiger partial charge in [0.15, 0.2) is 0 Å². The van der Waals surface area contributed by atoms with Crippen LogP contribution < -0.4 is 0 Å². The van der Waals surface area contributed by atoms with E-state index in [4.69, 9.17) is 4.74 Å². The predicted octanol–water partition coefficient (Wildman–Crippen LogP) is 2.61. The van der Waals surface area contributed by atoms with Crippen LogP contribution in [0.4, 0.5) is 0 Å². The van der Waals surface area contributed by atoms with E-state index in [2.05, 4.69) is 4.57 Å². The van der Waals surface area contributed by atoms with E-state index in [-0.39, 0.29) is 12.6 Å². The fraction of sp³-hybridized carbons (Fsp3) is 0.471. The lowest BCUT2D eigenvalue weighted by Gasteiger charge is -2.15. The smallest absolute Gasteiger partial charge is 0.337 e. The number of benzene rings is 1. The van der Waals surface area contributed by atoms with Gasteiger partial charge in [-0.25, -0.2) is 4.79 Å². The molecule has 0 amide bonds. The Morgan fingerprint density at radius 1 is 1.33 bits per heavy atom.